The molecule has 134 valence electrons. The third-order valence-corrected chi connectivity index (χ3v) is 4.65. The summed E-state index contributed by atoms with van der Waals surface area (Å²) in [6.07, 6.45) is 1.03. The van der Waals surface area contributed by atoms with E-state index >= 15 is 0 Å². The van der Waals surface area contributed by atoms with Crippen LogP contribution in [-0.2, 0) is 21.5 Å². The summed E-state index contributed by atoms with van der Waals surface area (Å²) in [6.45, 7) is 8.55. The van der Waals surface area contributed by atoms with Gasteiger partial charge in [-0.15, -0.1) is 0 Å². The molecule has 3 heteroatoms. The molecule has 0 amide bonds. The molecule has 1 unspecified atom stereocenters. The van der Waals surface area contributed by atoms with Gasteiger partial charge >= 0.3 is 5.97 Å². The largest absolute Gasteiger partial charge is 0.464 e. The van der Waals surface area contributed by atoms with Crippen molar-refractivity contribution in [1.29, 1.82) is 0 Å². The van der Waals surface area contributed by atoms with E-state index in [0.29, 0.717) is 12.5 Å². The molecule has 3 nitrogen and oxygen atoms in total. The average Bonchev–Trinajstić information content (AvgIpc) is 2.61. The van der Waals surface area contributed by atoms with Crippen LogP contribution in [0.25, 0.3) is 0 Å². The number of rotatable bonds is 7. The maximum atomic E-state index is 12.9. The van der Waals surface area contributed by atoms with E-state index < -0.39 is 5.54 Å². The third-order valence-electron chi connectivity index (χ3n) is 4.65. The molecule has 25 heavy (non-hydrogen) atoms. The van der Waals surface area contributed by atoms with Crippen molar-refractivity contribution in [3.8, 4) is 0 Å². The maximum absolute atomic E-state index is 12.9. The first kappa shape index (κ1) is 19.0. The molecule has 0 aliphatic rings. The van der Waals surface area contributed by atoms with Crippen LogP contribution in [0.15, 0.2) is 54.6 Å². The Labute approximate surface area is 151 Å². The predicted molar refractivity (Wildman–Crippen MR) is 104 cm³/mol. The minimum atomic E-state index is -0.881. The highest BCUT2D eigenvalue weighted by Gasteiger charge is 2.41. The number of para-hydroxylation sites is 1. The number of carbonyl (C=O) groups excluding carboxylic acids is 1. The van der Waals surface area contributed by atoms with Gasteiger partial charge in [0.2, 0.25) is 0 Å². The zero-order chi connectivity index (χ0) is 18.4. The van der Waals surface area contributed by atoms with Crippen LogP contribution in [0.1, 0.15) is 38.8 Å². The number of nitrogens with zero attached hydrogens (tertiary/aromatic N) is 1. The van der Waals surface area contributed by atoms with E-state index in [1.54, 1.807) is 0 Å². The maximum Gasteiger partial charge on any atom is 0.336 e. The fourth-order valence-electron chi connectivity index (χ4n) is 3.07. The van der Waals surface area contributed by atoms with E-state index in [1.807, 2.05) is 68.3 Å². The van der Waals surface area contributed by atoms with Crippen molar-refractivity contribution in [1.82, 2.24) is 0 Å². The summed E-state index contributed by atoms with van der Waals surface area (Å²) in [6, 6.07) is 18.3. The number of ether oxygens (including phenoxy) is 1. The number of esters is 1. The molecule has 0 N–H and O–H groups in total. The monoisotopic (exact) mass is 339 g/mol. The molecule has 0 saturated carbocycles. The van der Waals surface area contributed by atoms with Gasteiger partial charge in [0.25, 0.3) is 0 Å². The van der Waals surface area contributed by atoms with Crippen LogP contribution in [0, 0.1) is 5.92 Å². The van der Waals surface area contributed by atoms with Crippen LogP contribution >= 0.6 is 0 Å². The summed E-state index contributed by atoms with van der Waals surface area (Å²) in [5.74, 6) is 0.368. The highest BCUT2D eigenvalue weighted by molar-refractivity contribution is 5.86. The van der Waals surface area contributed by atoms with E-state index in [4.69, 9.17) is 4.74 Å². The fraction of sp³-hybridized carbons (Fsp3) is 0.409. The first-order valence-electron chi connectivity index (χ1n) is 8.95. The lowest BCUT2D eigenvalue weighted by molar-refractivity contribution is -0.149. The second-order valence-corrected chi connectivity index (χ2v) is 6.98. The number of hydrogen-bond acceptors (Lipinski definition) is 3. The Balaban J connectivity index is 2.43. The molecule has 0 spiro atoms. The summed E-state index contributed by atoms with van der Waals surface area (Å²) in [5.41, 5.74) is 2.31. The number of benzene rings is 2. The Hall–Kier alpha value is -2.29. The van der Waals surface area contributed by atoms with Gasteiger partial charge in [0.1, 0.15) is 0 Å². The number of hydrogen-bond donors (Lipinski definition) is 0. The van der Waals surface area contributed by atoms with Crippen molar-refractivity contribution in [3.63, 3.8) is 0 Å². The third kappa shape index (κ3) is 4.22. The lowest BCUT2D eigenvalue weighted by Gasteiger charge is -2.38. The molecule has 0 fully saturated rings. The zero-order valence-corrected chi connectivity index (χ0v) is 16.0. The predicted octanol–water partition coefficient (Wildman–Crippen LogP) is 4.80. The van der Waals surface area contributed by atoms with Crippen molar-refractivity contribution in [2.24, 2.45) is 5.92 Å². The van der Waals surface area contributed by atoms with Gasteiger partial charge in [0.05, 0.1) is 6.61 Å². The van der Waals surface area contributed by atoms with Gasteiger partial charge in [0, 0.05) is 12.7 Å². The normalized spacial score (nSPS) is 13.4. The molecular formula is C22H29NO2. The van der Waals surface area contributed by atoms with Crippen molar-refractivity contribution in [2.75, 3.05) is 18.6 Å². The number of likely N-dealkylation sites (N-methyl/N-ethyl adjacent to an activating group) is 1. The van der Waals surface area contributed by atoms with E-state index in [2.05, 4.69) is 26.0 Å². The Morgan fingerprint density at radius 2 is 1.68 bits per heavy atom. The topological polar surface area (TPSA) is 29.5 Å². The molecule has 2 aromatic carbocycles. The van der Waals surface area contributed by atoms with Crippen LogP contribution in [-0.4, -0.2) is 19.6 Å². The molecule has 0 aromatic heterocycles. The Bertz CT molecular complexity index is 679. The minimum Gasteiger partial charge on any atom is -0.464 e. The molecule has 2 rings (SSSR count). The number of carbonyl (C=O) groups is 1. The average molecular weight is 339 g/mol. The fourth-order valence-corrected chi connectivity index (χ4v) is 3.07. The second-order valence-electron chi connectivity index (χ2n) is 6.98. The van der Waals surface area contributed by atoms with E-state index in [1.165, 1.54) is 5.56 Å². The van der Waals surface area contributed by atoms with Crippen LogP contribution in [0.5, 0.6) is 0 Å². The first-order chi connectivity index (χ1) is 11.9. The quantitative estimate of drug-likeness (QED) is 0.679. The van der Waals surface area contributed by atoms with E-state index in [0.717, 1.165) is 17.7 Å². The Morgan fingerprint density at radius 1 is 1.08 bits per heavy atom. The van der Waals surface area contributed by atoms with Gasteiger partial charge in [-0.05, 0) is 49.4 Å². The van der Waals surface area contributed by atoms with E-state index in [9.17, 15) is 4.79 Å². The molecule has 0 bridgehead atoms. The summed E-state index contributed by atoms with van der Waals surface area (Å²) >= 11 is 0. The standard InChI is InChI=1S/C22H29NO2/c1-6-25-21(24)22(4,23(5)20-10-8-7-9-11-20)19-14-12-18(13-15-19)16-17(2)3/h7-15,17H,6,16H2,1-5H3. The highest BCUT2D eigenvalue weighted by Crippen LogP contribution is 2.33. The Morgan fingerprint density at radius 3 is 2.20 bits per heavy atom. The molecular weight excluding hydrogens is 310 g/mol. The van der Waals surface area contributed by atoms with Gasteiger partial charge in [-0.1, -0.05) is 56.3 Å². The van der Waals surface area contributed by atoms with Crippen molar-refractivity contribution in [2.45, 2.75) is 39.7 Å². The van der Waals surface area contributed by atoms with Gasteiger partial charge in [0.15, 0.2) is 5.54 Å². The van der Waals surface area contributed by atoms with Gasteiger partial charge in [-0.2, -0.15) is 0 Å². The zero-order valence-electron chi connectivity index (χ0n) is 16.0. The van der Waals surface area contributed by atoms with Gasteiger partial charge in [-0.25, -0.2) is 4.79 Å². The van der Waals surface area contributed by atoms with Gasteiger partial charge in [-0.3, -0.25) is 0 Å². The molecule has 0 aliphatic carbocycles. The second kappa shape index (κ2) is 8.19. The van der Waals surface area contributed by atoms with Crippen molar-refractivity contribution in [3.05, 3.63) is 65.7 Å². The molecule has 0 aliphatic heterocycles. The van der Waals surface area contributed by atoms with Crippen LogP contribution in [0.3, 0.4) is 0 Å². The van der Waals surface area contributed by atoms with Crippen molar-refractivity contribution >= 4 is 11.7 Å². The summed E-state index contributed by atoms with van der Waals surface area (Å²) in [5, 5.41) is 0. The Kier molecular flexibility index (Phi) is 6.24. The SMILES string of the molecule is CCOC(=O)C(C)(c1ccc(CC(C)C)cc1)N(C)c1ccccc1. The van der Waals surface area contributed by atoms with Crippen LogP contribution in [0.2, 0.25) is 0 Å². The van der Waals surface area contributed by atoms with Crippen LogP contribution < -0.4 is 4.90 Å². The molecule has 1 atom stereocenters. The lowest BCUT2D eigenvalue weighted by atomic mass is 9.88. The molecule has 0 radical (unpaired) electrons. The van der Waals surface area contributed by atoms with E-state index in [-0.39, 0.29) is 5.97 Å². The summed E-state index contributed by atoms with van der Waals surface area (Å²) < 4.78 is 5.42. The van der Waals surface area contributed by atoms with Crippen molar-refractivity contribution < 1.29 is 9.53 Å². The summed E-state index contributed by atoms with van der Waals surface area (Å²) in [4.78, 5) is 14.9. The van der Waals surface area contributed by atoms with Gasteiger partial charge < -0.3 is 9.64 Å². The first-order valence-corrected chi connectivity index (χ1v) is 8.95. The number of anilines is 1. The minimum absolute atomic E-state index is 0.238. The smallest absolute Gasteiger partial charge is 0.336 e. The molecule has 2 aromatic rings. The lowest BCUT2D eigenvalue weighted by Crippen LogP contribution is -2.49. The van der Waals surface area contributed by atoms with Crippen LogP contribution in [0.4, 0.5) is 5.69 Å². The molecule has 0 saturated heterocycles. The highest BCUT2D eigenvalue weighted by atomic mass is 16.5. The summed E-state index contributed by atoms with van der Waals surface area (Å²) in [7, 11) is 1.94. The molecule has 0 heterocycles.